The third kappa shape index (κ3) is 4.04. The highest BCUT2D eigenvalue weighted by Gasteiger charge is 2.18. The molecule has 0 fully saturated rings. The van der Waals surface area contributed by atoms with Crippen LogP contribution in [0, 0.1) is 6.92 Å². The molecule has 0 saturated heterocycles. The number of amides is 2. The number of aromatic nitrogens is 5. The average molecular weight is 403 g/mol. The van der Waals surface area contributed by atoms with Crippen LogP contribution in [-0.4, -0.2) is 43.5 Å². The molecule has 0 aliphatic rings. The summed E-state index contributed by atoms with van der Waals surface area (Å²) in [6.45, 7) is 4.20. The second kappa shape index (κ2) is 8.16. The lowest BCUT2D eigenvalue weighted by molar-refractivity contribution is 0.0993. The number of ketones is 1. The van der Waals surface area contributed by atoms with Crippen LogP contribution in [0.15, 0.2) is 42.7 Å². The number of nitrogens with zero attached hydrogens (tertiary/aromatic N) is 3. The van der Waals surface area contributed by atoms with Crippen molar-refractivity contribution in [2.24, 2.45) is 0 Å². The number of rotatable bonds is 6. The molecule has 0 saturated carbocycles. The van der Waals surface area contributed by atoms with Gasteiger partial charge in [-0.25, -0.2) is 9.78 Å². The molecule has 0 aliphatic carbocycles. The maximum absolute atomic E-state index is 13.1. The predicted molar refractivity (Wildman–Crippen MR) is 113 cm³/mol. The van der Waals surface area contributed by atoms with Crippen molar-refractivity contribution < 1.29 is 9.59 Å². The molecular weight excluding hydrogens is 382 g/mol. The number of aryl methyl sites for hydroxylation is 1. The van der Waals surface area contributed by atoms with E-state index in [9.17, 15) is 9.59 Å². The van der Waals surface area contributed by atoms with Crippen LogP contribution in [0.2, 0.25) is 0 Å². The summed E-state index contributed by atoms with van der Waals surface area (Å²) in [6.07, 6.45) is 3.57. The number of benzene rings is 1. The number of carbonyl (C=O) groups excluding carboxylic acids is 2. The van der Waals surface area contributed by atoms with Crippen molar-refractivity contribution in [1.29, 1.82) is 0 Å². The van der Waals surface area contributed by atoms with Gasteiger partial charge in [0.1, 0.15) is 5.52 Å². The molecule has 0 atom stereocenters. The van der Waals surface area contributed by atoms with Crippen molar-refractivity contribution in [1.82, 2.24) is 30.5 Å². The molecule has 9 nitrogen and oxygen atoms in total. The SMILES string of the molecule is CCNC(=O)Nc1nc2c(C(=O)Cc3cc(C)[nH]n3)cc(-c3cccnc3)cc2[nH]1. The van der Waals surface area contributed by atoms with Gasteiger partial charge in [0.25, 0.3) is 0 Å². The number of nitrogens with one attached hydrogen (secondary N) is 4. The highest BCUT2D eigenvalue weighted by Crippen LogP contribution is 2.28. The Morgan fingerprint density at radius 1 is 1.17 bits per heavy atom. The van der Waals surface area contributed by atoms with Gasteiger partial charge in [-0.05, 0) is 43.7 Å². The molecule has 3 aromatic heterocycles. The third-order valence-corrected chi connectivity index (χ3v) is 4.55. The number of fused-ring (bicyclic) bond motifs is 1. The molecule has 3 heterocycles. The van der Waals surface area contributed by atoms with Crippen LogP contribution >= 0.6 is 0 Å². The van der Waals surface area contributed by atoms with E-state index in [0.717, 1.165) is 16.8 Å². The van der Waals surface area contributed by atoms with Crippen molar-refractivity contribution >= 4 is 28.8 Å². The summed E-state index contributed by atoms with van der Waals surface area (Å²) in [5, 5.41) is 12.3. The summed E-state index contributed by atoms with van der Waals surface area (Å²) in [7, 11) is 0. The monoisotopic (exact) mass is 403 g/mol. The van der Waals surface area contributed by atoms with Gasteiger partial charge in [0.15, 0.2) is 5.78 Å². The summed E-state index contributed by atoms with van der Waals surface area (Å²) in [4.78, 5) is 36.7. The molecule has 0 spiro atoms. The Hall–Kier alpha value is -4.01. The zero-order valence-corrected chi connectivity index (χ0v) is 16.6. The van der Waals surface area contributed by atoms with Gasteiger partial charge in [-0.2, -0.15) is 5.10 Å². The maximum Gasteiger partial charge on any atom is 0.321 e. The largest absolute Gasteiger partial charge is 0.338 e. The van der Waals surface area contributed by atoms with Gasteiger partial charge >= 0.3 is 6.03 Å². The first kappa shape index (κ1) is 19.3. The third-order valence-electron chi connectivity index (χ3n) is 4.55. The highest BCUT2D eigenvalue weighted by molar-refractivity contribution is 6.09. The topological polar surface area (TPSA) is 128 Å². The van der Waals surface area contributed by atoms with Crippen LogP contribution in [0.3, 0.4) is 0 Å². The summed E-state index contributed by atoms with van der Waals surface area (Å²) in [5.74, 6) is 0.150. The summed E-state index contributed by atoms with van der Waals surface area (Å²) >= 11 is 0. The van der Waals surface area contributed by atoms with E-state index < -0.39 is 0 Å². The molecule has 9 heteroatoms. The number of hydrogen-bond donors (Lipinski definition) is 4. The number of urea groups is 1. The standard InChI is InChI=1S/C21H21N7O2/c1-3-23-21(30)26-20-24-17-9-14(13-5-4-6-22-11-13)8-16(19(17)25-20)18(29)10-15-7-12(2)27-28-15/h4-9,11H,3,10H2,1-2H3,(H,27,28)(H3,23,24,25,26,30). The quantitative estimate of drug-likeness (QED) is 0.368. The Balaban J connectivity index is 1.77. The van der Waals surface area contributed by atoms with E-state index in [1.54, 1.807) is 18.5 Å². The van der Waals surface area contributed by atoms with E-state index in [1.807, 2.05) is 38.1 Å². The molecule has 0 unspecified atom stereocenters. The van der Waals surface area contributed by atoms with E-state index in [4.69, 9.17) is 0 Å². The van der Waals surface area contributed by atoms with Crippen LogP contribution in [0.5, 0.6) is 0 Å². The van der Waals surface area contributed by atoms with Crippen LogP contribution in [0.1, 0.15) is 28.7 Å². The molecule has 30 heavy (non-hydrogen) atoms. The number of imidazole rings is 1. The normalized spacial score (nSPS) is 10.9. The van der Waals surface area contributed by atoms with E-state index in [2.05, 4.69) is 35.8 Å². The van der Waals surface area contributed by atoms with Gasteiger partial charge in [0, 0.05) is 35.8 Å². The number of anilines is 1. The van der Waals surface area contributed by atoms with Crippen LogP contribution in [0.4, 0.5) is 10.7 Å². The van der Waals surface area contributed by atoms with Crippen molar-refractivity contribution in [2.45, 2.75) is 20.3 Å². The molecule has 2 amide bonds. The number of pyridine rings is 1. The van der Waals surface area contributed by atoms with E-state index in [-0.39, 0.29) is 24.2 Å². The minimum absolute atomic E-state index is 0.117. The molecule has 152 valence electrons. The first-order chi connectivity index (χ1) is 14.5. The Morgan fingerprint density at radius 3 is 2.73 bits per heavy atom. The second-order valence-electron chi connectivity index (χ2n) is 6.87. The lowest BCUT2D eigenvalue weighted by Gasteiger charge is -2.06. The Kier molecular flexibility index (Phi) is 5.25. The van der Waals surface area contributed by atoms with Gasteiger partial charge in [-0.1, -0.05) is 6.07 Å². The van der Waals surface area contributed by atoms with Gasteiger partial charge in [0.2, 0.25) is 5.95 Å². The number of hydrogen-bond acceptors (Lipinski definition) is 5. The van der Waals surface area contributed by atoms with Gasteiger partial charge < -0.3 is 10.3 Å². The second-order valence-corrected chi connectivity index (χ2v) is 6.87. The Labute approximate surface area is 172 Å². The van der Waals surface area contributed by atoms with E-state index in [0.29, 0.717) is 28.8 Å². The average Bonchev–Trinajstić information content (AvgIpc) is 3.33. The molecular formula is C21H21N7O2. The molecule has 4 aromatic rings. The number of Topliss-reactive ketones (excluding diaryl/α,β-unsaturated/α-hetero) is 1. The fraction of sp³-hybridized carbons (Fsp3) is 0.190. The maximum atomic E-state index is 13.1. The fourth-order valence-corrected chi connectivity index (χ4v) is 3.23. The van der Waals surface area contributed by atoms with Gasteiger partial charge in [-0.3, -0.25) is 20.2 Å². The first-order valence-electron chi connectivity index (χ1n) is 9.56. The first-order valence-corrected chi connectivity index (χ1v) is 9.56. The minimum Gasteiger partial charge on any atom is -0.338 e. The van der Waals surface area contributed by atoms with Gasteiger partial charge in [0.05, 0.1) is 17.6 Å². The Morgan fingerprint density at radius 2 is 2.03 bits per heavy atom. The van der Waals surface area contributed by atoms with Crippen LogP contribution in [0.25, 0.3) is 22.2 Å². The van der Waals surface area contributed by atoms with Crippen molar-refractivity contribution in [3.8, 4) is 11.1 Å². The molecule has 1 aromatic carbocycles. The van der Waals surface area contributed by atoms with Crippen LogP contribution < -0.4 is 10.6 Å². The van der Waals surface area contributed by atoms with E-state index >= 15 is 0 Å². The molecule has 0 bridgehead atoms. The molecule has 4 rings (SSSR count). The zero-order valence-electron chi connectivity index (χ0n) is 16.6. The highest BCUT2D eigenvalue weighted by atomic mass is 16.2. The Bertz CT molecular complexity index is 1210. The lowest BCUT2D eigenvalue weighted by Crippen LogP contribution is -2.28. The van der Waals surface area contributed by atoms with Gasteiger partial charge in [-0.15, -0.1) is 0 Å². The number of aromatic amines is 2. The smallest absolute Gasteiger partial charge is 0.321 e. The van der Waals surface area contributed by atoms with Crippen molar-refractivity contribution in [2.75, 3.05) is 11.9 Å². The van der Waals surface area contributed by atoms with Crippen molar-refractivity contribution in [3.05, 3.63) is 59.7 Å². The molecule has 0 radical (unpaired) electrons. The summed E-state index contributed by atoms with van der Waals surface area (Å²) < 4.78 is 0. The predicted octanol–water partition coefficient (Wildman–Crippen LogP) is 3.22. The van der Waals surface area contributed by atoms with E-state index in [1.165, 1.54) is 0 Å². The summed E-state index contributed by atoms with van der Waals surface area (Å²) in [6, 6.07) is 8.91. The molecule has 0 aliphatic heterocycles. The van der Waals surface area contributed by atoms with Crippen molar-refractivity contribution in [3.63, 3.8) is 0 Å². The zero-order chi connectivity index (χ0) is 21.1. The number of H-pyrrole nitrogens is 2. The fourth-order valence-electron chi connectivity index (χ4n) is 3.23. The molecule has 4 N–H and O–H groups in total. The van der Waals surface area contributed by atoms with Crippen LogP contribution in [-0.2, 0) is 6.42 Å². The lowest BCUT2D eigenvalue weighted by atomic mass is 9.99. The minimum atomic E-state index is -0.371. The number of carbonyl (C=O) groups is 2. The summed E-state index contributed by atoms with van der Waals surface area (Å²) in [5.41, 5.74) is 4.83.